The van der Waals surface area contributed by atoms with Crippen molar-refractivity contribution in [2.24, 2.45) is 0 Å². The van der Waals surface area contributed by atoms with E-state index in [-0.39, 0.29) is 24.0 Å². The first-order valence-electron chi connectivity index (χ1n) is 12.6. The van der Waals surface area contributed by atoms with Crippen molar-refractivity contribution in [2.75, 3.05) is 44.5 Å². The maximum absolute atomic E-state index is 12.5. The quantitative estimate of drug-likeness (QED) is 0.299. The molecule has 0 saturated heterocycles. The van der Waals surface area contributed by atoms with Gasteiger partial charge in [0, 0.05) is 29.4 Å². The Balaban J connectivity index is 1.59. The van der Waals surface area contributed by atoms with Crippen LogP contribution in [0.25, 0.3) is 11.1 Å². The van der Waals surface area contributed by atoms with Crippen LogP contribution < -0.4 is 10.2 Å². The molecule has 0 aromatic heterocycles. The summed E-state index contributed by atoms with van der Waals surface area (Å²) in [5.74, 6) is -0.289. The van der Waals surface area contributed by atoms with E-state index >= 15 is 0 Å². The number of halogens is 1. The van der Waals surface area contributed by atoms with Gasteiger partial charge in [-0.1, -0.05) is 29.8 Å². The number of quaternary nitrogens is 1. The third-order valence-electron chi connectivity index (χ3n) is 6.65. The summed E-state index contributed by atoms with van der Waals surface area (Å²) in [6, 6.07) is 21.4. The summed E-state index contributed by atoms with van der Waals surface area (Å²) in [5, 5.41) is 4.32. The topological polar surface area (TPSA) is 58.6 Å². The zero-order chi connectivity index (χ0) is 26.7. The summed E-state index contributed by atoms with van der Waals surface area (Å²) in [7, 11) is 6.19. The van der Waals surface area contributed by atoms with E-state index in [1.165, 1.54) is 0 Å². The molecular weight excluding hydrogens is 486 g/mol. The molecule has 1 heterocycles. The maximum Gasteiger partial charge on any atom is 0.338 e. The molecule has 194 valence electrons. The number of nitrogens with zero attached hydrogens (tertiary/aromatic N) is 2. The fourth-order valence-electron chi connectivity index (χ4n) is 4.70. The van der Waals surface area contributed by atoms with E-state index in [0.717, 1.165) is 45.5 Å². The molecule has 1 aliphatic rings. The van der Waals surface area contributed by atoms with Crippen molar-refractivity contribution >= 4 is 34.9 Å². The molecule has 4 rings (SSSR count). The van der Waals surface area contributed by atoms with Gasteiger partial charge < -0.3 is 19.4 Å². The number of amides is 1. The lowest BCUT2D eigenvalue weighted by Crippen LogP contribution is -2.43. The van der Waals surface area contributed by atoms with E-state index in [1.54, 1.807) is 19.1 Å². The largest absolute Gasteiger partial charge is 0.456 e. The van der Waals surface area contributed by atoms with Crippen molar-refractivity contribution in [1.29, 1.82) is 0 Å². The van der Waals surface area contributed by atoms with Crippen LogP contribution in [0.3, 0.4) is 0 Å². The van der Waals surface area contributed by atoms with Crippen molar-refractivity contribution < 1.29 is 18.8 Å². The number of hydrogen-bond donors (Lipinski definition) is 1. The van der Waals surface area contributed by atoms with Crippen LogP contribution in [-0.4, -0.2) is 56.7 Å². The van der Waals surface area contributed by atoms with Crippen molar-refractivity contribution in [3.05, 3.63) is 82.9 Å². The van der Waals surface area contributed by atoms with Gasteiger partial charge in [0.2, 0.25) is 5.91 Å². The van der Waals surface area contributed by atoms with Gasteiger partial charge in [0.1, 0.15) is 13.2 Å². The number of ether oxygens (including phenoxy) is 1. The fraction of sp³-hybridized carbons (Fsp3) is 0.333. The third kappa shape index (κ3) is 6.51. The van der Waals surface area contributed by atoms with Crippen molar-refractivity contribution in [1.82, 2.24) is 0 Å². The number of hydrogen-bond acceptors (Lipinski definition) is 4. The molecule has 2 atom stereocenters. The van der Waals surface area contributed by atoms with Crippen molar-refractivity contribution in [2.45, 2.75) is 32.4 Å². The molecule has 3 aromatic rings. The highest BCUT2D eigenvalue weighted by Gasteiger charge is 2.32. The lowest BCUT2D eigenvalue weighted by atomic mass is 9.88. The van der Waals surface area contributed by atoms with Crippen LogP contribution in [0.15, 0.2) is 66.7 Å². The highest BCUT2D eigenvalue weighted by Crippen LogP contribution is 2.41. The van der Waals surface area contributed by atoms with Gasteiger partial charge in [0.25, 0.3) is 0 Å². The minimum Gasteiger partial charge on any atom is -0.456 e. The van der Waals surface area contributed by atoms with Crippen LogP contribution >= 0.6 is 11.6 Å². The standard InChI is InChI=1S/C30H35ClN3O3/c1-20-18-28(32-26-13-11-25(31)12-14-26)27-19-24(10-15-29(27)33(20)21(2)35)22-6-8-23(9-7-22)30(36)37-17-16-34(3,4)5/h6-15,19-20,28,32H,16-18H2,1-5H3/q+1/t20-,28+/m0/s1. The Bertz CT molecular complexity index is 1270. The molecule has 0 unspecified atom stereocenters. The van der Waals surface area contributed by atoms with E-state index < -0.39 is 0 Å². The highest BCUT2D eigenvalue weighted by molar-refractivity contribution is 6.30. The molecule has 0 spiro atoms. The van der Waals surface area contributed by atoms with Crippen LogP contribution in [0, 0.1) is 0 Å². The second kappa shape index (κ2) is 11.0. The monoisotopic (exact) mass is 520 g/mol. The van der Waals surface area contributed by atoms with Crippen LogP contribution in [0.1, 0.15) is 42.2 Å². The van der Waals surface area contributed by atoms with Crippen LogP contribution in [0.4, 0.5) is 11.4 Å². The summed E-state index contributed by atoms with van der Waals surface area (Å²) in [5.41, 5.74) is 5.49. The number of fused-ring (bicyclic) bond motifs is 1. The Hall–Kier alpha value is -3.35. The Kier molecular flexibility index (Phi) is 7.90. The first-order valence-corrected chi connectivity index (χ1v) is 12.9. The molecule has 6 nitrogen and oxygen atoms in total. The molecule has 1 aliphatic heterocycles. The Morgan fingerprint density at radius 3 is 2.27 bits per heavy atom. The molecule has 0 aliphatic carbocycles. The van der Waals surface area contributed by atoms with Crippen molar-refractivity contribution in [3.8, 4) is 11.1 Å². The first kappa shape index (κ1) is 26.7. The zero-order valence-corrected chi connectivity index (χ0v) is 22.9. The van der Waals surface area contributed by atoms with Crippen LogP contribution in [-0.2, 0) is 9.53 Å². The summed E-state index contributed by atoms with van der Waals surface area (Å²) >= 11 is 6.07. The predicted molar refractivity (Wildman–Crippen MR) is 150 cm³/mol. The molecule has 0 saturated carbocycles. The van der Waals surface area contributed by atoms with Gasteiger partial charge in [-0.15, -0.1) is 0 Å². The molecule has 1 N–H and O–H groups in total. The lowest BCUT2D eigenvalue weighted by molar-refractivity contribution is -0.870. The minimum atomic E-state index is -0.316. The zero-order valence-electron chi connectivity index (χ0n) is 22.1. The van der Waals surface area contributed by atoms with E-state index in [2.05, 4.69) is 39.4 Å². The number of esters is 1. The highest BCUT2D eigenvalue weighted by atomic mass is 35.5. The Morgan fingerprint density at radius 1 is 1.00 bits per heavy atom. The lowest BCUT2D eigenvalue weighted by Gasteiger charge is -2.39. The maximum atomic E-state index is 12.5. The molecular formula is C30H35ClN3O3+. The summed E-state index contributed by atoms with van der Waals surface area (Å²) in [6.07, 6.45) is 0.775. The average Bonchev–Trinajstić information content (AvgIpc) is 2.84. The van der Waals surface area contributed by atoms with Gasteiger partial charge in [-0.3, -0.25) is 4.79 Å². The molecule has 0 radical (unpaired) electrons. The number of likely N-dealkylation sites (N-methyl/N-ethyl adjacent to an activating group) is 1. The number of carbonyl (C=O) groups is 2. The summed E-state index contributed by atoms with van der Waals surface area (Å²) < 4.78 is 6.17. The predicted octanol–water partition coefficient (Wildman–Crippen LogP) is 6.17. The summed E-state index contributed by atoms with van der Waals surface area (Å²) in [4.78, 5) is 26.8. The molecule has 7 heteroatoms. The smallest absolute Gasteiger partial charge is 0.338 e. The number of benzene rings is 3. The second-order valence-electron chi connectivity index (χ2n) is 10.7. The number of rotatable bonds is 7. The number of anilines is 2. The average molecular weight is 521 g/mol. The van der Waals surface area contributed by atoms with E-state index in [9.17, 15) is 9.59 Å². The first-order chi connectivity index (χ1) is 17.5. The van der Waals surface area contributed by atoms with Crippen LogP contribution in [0.2, 0.25) is 5.02 Å². The summed E-state index contributed by atoms with van der Waals surface area (Å²) in [6.45, 7) is 4.81. The van der Waals surface area contributed by atoms with Gasteiger partial charge in [0.05, 0.1) is 32.7 Å². The number of nitrogens with one attached hydrogen (secondary N) is 1. The number of carbonyl (C=O) groups excluding carboxylic acids is 2. The minimum absolute atomic E-state index is 0.0252. The Labute approximate surface area is 224 Å². The molecule has 0 fully saturated rings. The van der Waals surface area contributed by atoms with Crippen LogP contribution in [0.5, 0.6) is 0 Å². The molecule has 3 aromatic carbocycles. The van der Waals surface area contributed by atoms with E-state index in [4.69, 9.17) is 16.3 Å². The third-order valence-corrected chi connectivity index (χ3v) is 6.91. The molecule has 1 amide bonds. The SMILES string of the molecule is CC(=O)N1c2ccc(-c3ccc(C(=O)OCC[N+](C)(C)C)cc3)cc2[C@H](Nc2ccc(Cl)cc2)C[C@@H]1C. The molecule has 0 bridgehead atoms. The van der Waals surface area contributed by atoms with Gasteiger partial charge in [-0.25, -0.2) is 4.79 Å². The van der Waals surface area contributed by atoms with Gasteiger partial charge in [-0.05, 0) is 78.6 Å². The Morgan fingerprint density at radius 2 is 1.65 bits per heavy atom. The molecule has 37 heavy (non-hydrogen) atoms. The van der Waals surface area contributed by atoms with E-state index in [1.807, 2.05) is 53.4 Å². The van der Waals surface area contributed by atoms with Gasteiger partial charge in [0.15, 0.2) is 0 Å². The van der Waals surface area contributed by atoms with E-state index in [0.29, 0.717) is 17.2 Å². The van der Waals surface area contributed by atoms with Crippen molar-refractivity contribution in [3.63, 3.8) is 0 Å². The second-order valence-corrected chi connectivity index (χ2v) is 11.1. The normalized spacial score (nSPS) is 17.2. The fourth-order valence-corrected chi connectivity index (χ4v) is 4.83. The van der Waals surface area contributed by atoms with Gasteiger partial charge in [-0.2, -0.15) is 0 Å². The van der Waals surface area contributed by atoms with Gasteiger partial charge >= 0.3 is 5.97 Å².